The Hall–Kier alpha value is -0.610. The topological polar surface area (TPSA) is 58.6 Å². The Morgan fingerprint density at radius 2 is 2.13 bits per heavy atom. The molecular weight excluding hydrogens is 194 g/mol. The maximum atomic E-state index is 11.0. The molecule has 1 aliphatic rings. The van der Waals surface area contributed by atoms with Crippen LogP contribution in [0.4, 0.5) is 0 Å². The Bertz CT molecular complexity index is 224. The molecule has 1 fully saturated rings. The number of hydrogen-bond acceptors (Lipinski definition) is 3. The minimum absolute atomic E-state index is 0.130. The highest BCUT2D eigenvalue weighted by atomic mass is 16.5. The Balaban J connectivity index is 2.34. The van der Waals surface area contributed by atoms with Crippen molar-refractivity contribution in [1.82, 2.24) is 5.32 Å². The first-order valence-corrected chi connectivity index (χ1v) is 5.47. The van der Waals surface area contributed by atoms with E-state index in [1.165, 1.54) is 0 Å². The quantitative estimate of drug-likeness (QED) is 0.697. The second-order valence-corrected chi connectivity index (χ2v) is 5.20. The van der Waals surface area contributed by atoms with E-state index in [2.05, 4.69) is 12.2 Å². The fourth-order valence-corrected chi connectivity index (χ4v) is 1.67. The second-order valence-electron chi connectivity index (χ2n) is 5.20. The molecule has 1 rings (SSSR count). The summed E-state index contributed by atoms with van der Waals surface area (Å²) in [7, 11) is 0. The van der Waals surface area contributed by atoms with E-state index in [0.717, 1.165) is 19.8 Å². The van der Waals surface area contributed by atoms with Crippen LogP contribution in [0.1, 0.15) is 27.2 Å². The molecule has 1 heterocycles. The molecule has 0 aromatic carbocycles. The van der Waals surface area contributed by atoms with Crippen molar-refractivity contribution < 1.29 is 14.6 Å². The van der Waals surface area contributed by atoms with Crippen LogP contribution in [0.15, 0.2) is 0 Å². The molecule has 1 unspecified atom stereocenters. The van der Waals surface area contributed by atoms with E-state index >= 15 is 0 Å². The molecule has 15 heavy (non-hydrogen) atoms. The summed E-state index contributed by atoms with van der Waals surface area (Å²) >= 11 is 0. The molecule has 0 aromatic rings. The monoisotopic (exact) mass is 215 g/mol. The molecule has 4 heteroatoms. The fourth-order valence-electron chi connectivity index (χ4n) is 1.67. The van der Waals surface area contributed by atoms with Crippen molar-refractivity contribution in [2.24, 2.45) is 11.3 Å². The number of hydrogen-bond donors (Lipinski definition) is 2. The van der Waals surface area contributed by atoms with E-state index in [1.54, 1.807) is 0 Å². The van der Waals surface area contributed by atoms with E-state index in [1.807, 2.05) is 13.8 Å². The van der Waals surface area contributed by atoms with E-state index in [4.69, 9.17) is 9.84 Å². The average Bonchev–Trinajstić information content (AvgIpc) is 2.08. The lowest BCUT2D eigenvalue weighted by Crippen LogP contribution is -2.51. The highest BCUT2D eigenvalue weighted by molar-refractivity contribution is 5.73. The first kappa shape index (κ1) is 12.5. The van der Waals surface area contributed by atoms with E-state index in [0.29, 0.717) is 12.3 Å². The molecule has 2 N–H and O–H groups in total. The zero-order valence-electron chi connectivity index (χ0n) is 9.75. The predicted octanol–water partition coefficient (Wildman–Crippen LogP) is 1.11. The summed E-state index contributed by atoms with van der Waals surface area (Å²) in [5.41, 5.74) is 0.130. The SMILES string of the molecule is CC(C)CC(NCC1(C)COC1)C(=O)O. The van der Waals surface area contributed by atoms with Crippen molar-refractivity contribution in [3.05, 3.63) is 0 Å². The van der Waals surface area contributed by atoms with Crippen molar-refractivity contribution >= 4 is 5.97 Å². The number of carboxylic acid groups (broad SMARTS) is 1. The van der Waals surface area contributed by atoms with Gasteiger partial charge in [0.25, 0.3) is 0 Å². The third-order valence-corrected chi connectivity index (χ3v) is 2.68. The number of nitrogens with one attached hydrogen (secondary N) is 1. The molecule has 4 nitrogen and oxygen atoms in total. The lowest BCUT2D eigenvalue weighted by molar-refractivity contribution is -0.141. The van der Waals surface area contributed by atoms with Gasteiger partial charge in [-0.3, -0.25) is 4.79 Å². The molecule has 0 amide bonds. The molecule has 0 aliphatic carbocycles. The maximum absolute atomic E-state index is 11.0. The van der Waals surface area contributed by atoms with Gasteiger partial charge in [-0.1, -0.05) is 20.8 Å². The van der Waals surface area contributed by atoms with Gasteiger partial charge in [0.2, 0.25) is 0 Å². The highest BCUT2D eigenvalue weighted by Crippen LogP contribution is 2.25. The zero-order valence-corrected chi connectivity index (χ0v) is 9.75. The van der Waals surface area contributed by atoms with Gasteiger partial charge in [-0.2, -0.15) is 0 Å². The van der Waals surface area contributed by atoms with E-state index in [9.17, 15) is 4.79 Å². The second kappa shape index (κ2) is 4.94. The van der Waals surface area contributed by atoms with Gasteiger partial charge in [-0.15, -0.1) is 0 Å². The number of ether oxygens (including phenoxy) is 1. The van der Waals surface area contributed by atoms with Gasteiger partial charge in [-0.25, -0.2) is 0 Å². The first-order valence-electron chi connectivity index (χ1n) is 5.47. The number of carboxylic acids is 1. The Kier molecular flexibility index (Phi) is 4.11. The van der Waals surface area contributed by atoms with Crippen LogP contribution in [0.3, 0.4) is 0 Å². The van der Waals surface area contributed by atoms with Gasteiger partial charge in [0.05, 0.1) is 13.2 Å². The summed E-state index contributed by atoms with van der Waals surface area (Å²) in [6, 6.07) is -0.428. The molecule has 0 bridgehead atoms. The van der Waals surface area contributed by atoms with Gasteiger partial charge in [-0.05, 0) is 12.3 Å². The third kappa shape index (κ3) is 3.80. The van der Waals surface area contributed by atoms with E-state index in [-0.39, 0.29) is 5.41 Å². The van der Waals surface area contributed by atoms with Crippen molar-refractivity contribution in [3.8, 4) is 0 Å². The smallest absolute Gasteiger partial charge is 0.320 e. The summed E-state index contributed by atoms with van der Waals surface area (Å²) in [6.07, 6.45) is 0.673. The fraction of sp³-hybridized carbons (Fsp3) is 0.909. The molecule has 0 aromatic heterocycles. The molecule has 0 radical (unpaired) electrons. The highest BCUT2D eigenvalue weighted by Gasteiger charge is 2.34. The summed E-state index contributed by atoms with van der Waals surface area (Å²) in [5.74, 6) is -0.364. The van der Waals surface area contributed by atoms with Crippen LogP contribution in [0.25, 0.3) is 0 Å². The van der Waals surface area contributed by atoms with Crippen LogP contribution in [-0.2, 0) is 9.53 Å². The van der Waals surface area contributed by atoms with Gasteiger partial charge in [0.15, 0.2) is 0 Å². The Morgan fingerprint density at radius 3 is 2.47 bits per heavy atom. The van der Waals surface area contributed by atoms with Crippen LogP contribution in [0, 0.1) is 11.3 Å². The third-order valence-electron chi connectivity index (χ3n) is 2.68. The van der Waals surface area contributed by atoms with Gasteiger partial charge in [0, 0.05) is 12.0 Å². The largest absolute Gasteiger partial charge is 0.480 e. The number of carbonyl (C=O) groups is 1. The minimum Gasteiger partial charge on any atom is -0.480 e. The molecule has 1 aliphatic heterocycles. The molecule has 0 spiro atoms. The van der Waals surface area contributed by atoms with Crippen LogP contribution in [0.2, 0.25) is 0 Å². The lowest BCUT2D eigenvalue weighted by atomic mass is 9.88. The average molecular weight is 215 g/mol. The maximum Gasteiger partial charge on any atom is 0.320 e. The number of aliphatic carboxylic acids is 1. The number of rotatable bonds is 6. The minimum atomic E-state index is -0.757. The van der Waals surface area contributed by atoms with Crippen LogP contribution >= 0.6 is 0 Å². The van der Waals surface area contributed by atoms with Gasteiger partial charge < -0.3 is 15.2 Å². The van der Waals surface area contributed by atoms with Crippen LogP contribution in [-0.4, -0.2) is 36.9 Å². The van der Waals surface area contributed by atoms with Gasteiger partial charge >= 0.3 is 5.97 Å². The Morgan fingerprint density at radius 1 is 1.53 bits per heavy atom. The predicted molar refractivity (Wildman–Crippen MR) is 57.8 cm³/mol. The summed E-state index contributed by atoms with van der Waals surface area (Å²) in [4.78, 5) is 11.0. The summed E-state index contributed by atoms with van der Waals surface area (Å²) in [5, 5.41) is 12.1. The van der Waals surface area contributed by atoms with Gasteiger partial charge in [0.1, 0.15) is 6.04 Å². The van der Waals surface area contributed by atoms with Crippen LogP contribution in [0.5, 0.6) is 0 Å². The molecule has 1 saturated heterocycles. The molecule has 88 valence electrons. The molecular formula is C11H21NO3. The van der Waals surface area contributed by atoms with Crippen molar-refractivity contribution in [2.45, 2.75) is 33.2 Å². The summed E-state index contributed by atoms with van der Waals surface area (Å²) < 4.78 is 5.12. The molecule has 0 saturated carbocycles. The summed E-state index contributed by atoms with van der Waals surface area (Å²) in [6.45, 7) is 8.36. The lowest BCUT2D eigenvalue weighted by Gasteiger charge is -2.39. The molecule has 1 atom stereocenters. The zero-order chi connectivity index (χ0) is 11.5. The van der Waals surface area contributed by atoms with E-state index < -0.39 is 12.0 Å². The Labute approximate surface area is 91.0 Å². The van der Waals surface area contributed by atoms with Crippen LogP contribution < -0.4 is 5.32 Å². The van der Waals surface area contributed by atoms with Crippen molar-refractivity contribution in [1.29, 1.82) is 0 Å². The normalized spacial score (nSPS) is 21.1. The van der Waals surface area contributed by atoms with Crippen molar-refractivity contribution in [2.75, 3.05) is 19.8 Å². The standard InChI is InChI=1S/C11H21NO3/c1-8(2)4-9(10(13)14)12-5-11(3)6-15-7-11/h8-9,12H,4-7H2,1-3H3,(H,13,14). The van der Waals surface area contributed by atoms with Crippen molar-refractivity contribution in [3.63, 3.8) is 0 Å². The first-order chi connectivity index (χ1) is 6.93.